The number of fused-ring (bicyclic) bond motifs is 1. The molecule has 1 aliphatic carbocycles. The summed E-state index contributed by atoms with van der Waals surface area (Å²) in [5, 5.41) is 0. The molecule has 0 fully saturated rings. The highest BCUT2D eigenvalue weighted by Crippen LogP contribution is 2.37. The molecule has 0 bridgehead atoms. The van der Waals surface area contributed by atoms with Crippen LogP contribution in [0.1, 0.15) is 31.8 Å². The van der Waals surface area contributed by atoms with E-state index in [1.165, 1.54) is 30.3 Å². The Morgan fingerprint density at radius 3 is 1.91 bits per heavy atom. The predicted molar refractivity (Wildman–Crippen MR) is 74.5 cm³/mol. The van der Waals surface area contributed by atoms with Crippen LogP contribution in [0.3, 0.4) is 0 Å². The number of hydrogen-bond acceptors (Lipinski definition) is 2. The van der Waals surface area contributed by atoms with E-state index in [9.17, 15) is 22.8 Å². The van der Waals surface area contributed by atoms with Gasteiger partial charge in [0, 0.05) is 16.7 Å². The van der Waals surface area contributed by atoms with E-state index in [4.69, 9.17) is 0 Å². The Balaban J connectivity index is 2.20. The second kappa shape index (κ2) is 4.94. The van der Waals surface area contributed by atoms with Crippen molar-refractivity contribution in [1.82, 2.24) is 0 Å². The zero-order valence-corrected chi connectivity index (χ0v) is 11.1. The highest BCUT2D eigenvalue weighted by atomic mass is 19.4. The Morgan fingerprint density at radius 2 is 1.27 bits per heavy atom. The van der Waals surface area contributed by atoms with Crippen LogP contribution in [-0.2, 0) is 6.18 Å². The Kier molecular flexibility index (Phi) is 3.20. The maximum atomic E-state index is 13.1. The molecular weight excluding hydrogens is 293 g/mol. The highest BCUT2D eigenvalue weighted by Gasteiger charge is 2.36. The van der Waals surface area contributed by atoms with E-state index in [-0.39, 0.29) is 22.3 Å². The van der Waals surface area contributed by atoms with Crippen molar-refractivity contribution >= 4 is 17.1 Å². The smallest absolute Gasteiger partial charge is 0.289 e. The van der Waals surface area contributed by atoms with Crippen LogP contribution in [0.2, 0.25) is 0 Å². The lowest BCUT2D eigenvalue weighted by Crippen LogP contribution is -2.18. The van der Waals surface area contributed by atoms with Crippen LogP contribution < -0.4 is 0 Å². The number of benzene rings is 2. The first-order valence-corrected chi connectivity index (χ1v) is 6.46. The summed E-state index contributed by atoms with van der Waals surface area (Å²) in [6.45, 7) is 0. The van der Waals surface area contributed by atoms with Crippen LogP contribution in [0, 0.1) is 0 Å². The van der Waals surface area contributed by atoms with Crippen molar-refractivity contribution in [2.24, 2.45) is 0 Å². The molecule has 5 heteroatoms. The monoisotopic (exact) mass is 302 g/mol. The number of hydrogen-bond donors (Lipinski definition) is 0. The lowest BCUT2D eigenvalue weighted by molar-refractivity contribution is -0.137. The van der Waals surface area contributed by atoms with Crippen molar-refractivity contribution in [3.8, 4) is 0 Å². The van der Waals surface area contributed by atoms with E-state index in [0.29, 0.717) is 0 Å². The summed E-state index contributed by atoms with van der Waals surface area (Å²) in [5.41, 5.74) is -1.09. The molecule has 0 heterocycles. The number of ketones is 2. The number of alkyl halides is 3. The fraction of sp³-hybridized carbons (Fsp3) is 0.0588. The molecule has 22 heavy (non-hydrogen) atoms. The summed E-state index contributed by atoms with van der Waals surface area (Å²) in [6.07, 6.45) is -3.62. The average molecular weight is 302 g/mol. The molecule has 0 spiro atoms. The third-order valence-corrected chi connectivity index (χ3v) is 3.48. The maximum Gasteiger partial charge on any atom is 0.417 e. The summed E-state index contributed by atoms with van der Waals surface area (Å²) in [5.74, 6) is -1.05. The lowest BCUT2D eigenvalue weighted by atomic mass is 9.85. The van der Waals surface area contributed by atoms with E-state index >= 15 is 0 Å². The topological polar surface area (TPSA) is 34.1 Å². The molecule has 0 amide bonds. The number of halogens is 3. The zero-order chi connectivity index (χ0) is 15.9. The van der Waals surface area contributed by atoms with E-state index in [1.54, 1.807) is 12.1 Å². The van der Waals surface area contributed by atoms with Gasteiger partial charge in [-0.25, -0.2) is 0 Å². The van der Waals surface area contributed by atoms with Gasteiger partial charge in [0.05, 0.1) is 5.56 Å². The Bertz CT molecular complexity index is 817. The van der Waals surface area contributed by atoms with Crippen LogP contribution in [0.25, 0.3) is 5.57 Å². The van der Waals surface area contributed by atoms with E-state index < -0.39 is 23.3 Å². The third-order valence-electron chi connectivity index (χ3n) is 3.48. The van der Waals surface area contributed by atoms with E-state index in [0.717, 1.165) is 12.1 Å². The molecule has 0 saturated heterocycles. The van der Waals surface area contributed by atoms with Crippen molar-refractivity contribution in [1.29, 1.82) is 0 Å². The second-order valence-electron chi connectivity index (χ2n) is 4.84. The number of Topliss-reactive ketones (excluding diaryl/α,β-unsaturated/α-hetero) is 1. The third kappa shape index (κ3) is 2.24. The van der Waals surface area contributed by atoms with Gasteiger partial charge in [0.25, 0.3) is 0 Å². The van der Waals surface area contributed by atoms with E-state index in [1.807, 2.05) is 0 Å². The summed E-state index contributed by atoms with van der Waals surface area (Å²) < 4.78 is 39.3. The van der Waals surface area contributed by atoms with Gasteiger partial charge < -0.3 is 0 Å². The molecule has 2 aromatic carbocycles. The zero-order valence-electron chi connectivity index (χ0n) is 11.1. The standard InChI is InChI=1S/C17H9F3O2/c18-17(19,20)14-8-4-3-5-10(14)13-9-15(21)11-6-1-2-7-12(11)16(13)22/h1-9H. The van der Waals surface area contributed by atoms with Crippen molar-refractivity contribution in [3.63, 3.8) is 0 Å². The summed E-state index contributed by atoms with van der Waals surface area (Å²) in [7, 11) is 0. The first kappa shape index (κ1) is 14.3. The first-order valence-electron chi connectivity index (χ1n) is 6.46. The van der Waals surface area contributed by atoms with Crippen LogP contribution in [-0.4, -0.2) is 11.6 Å². The minimum Gasteiger partial charge on any atom is -0.289 e. The molecule has 2 aromatic rings. The van der Waals surface area contributed by atoms with Crippen LogP contribution >= 0.6 is 0 Å². The van der Waals surface area contributed by atoms with Gasteiger partial charge in [0.1, 0.15) is 0 Å². The summed E-state index contributed by atoms with van der Waals surface area (Å²) in [4.78, 5) is 24.5. The Hall–Kier alpha value is -2.69. The molecule has 0 atom stereocenters. The van der Waals surface area contributed by atoms with Crippen molar-refractivity contribution < 1.29 is 22.8 Å². The molecule has 2 nitrogen and oxygen atoms in total. The van der Waals surface area contributed by atoms with Gasteiger partial charge in [-0.2, -0.15) is 13.2 Å². The molecule has 0 aromatic heterocycles. The van der Waals surface area contributed by atoms with Gasteiger partial charge >= 0.3 is 6.18 Å². The van der Waals surface area contributed by atoms with Gasteiger partial charge in [-0.3, -0.25) is 9.59 Å². The van der Waals surface area contributed by atoms with Crippen molar-refractivity contribution in [3.05, 3.63) is 76.9 Å². The van der Waals surface area contributed by atoms with Gasteiger partial charge in [-0.15, -0.1) is 0 Å². The maximum absolute atomic E-state index is 13.1. The van der Waals surface area contributed by atoms with Gasteiger partial charge in [0.15, 0.2) is 11.6 Å². The highest BCUT2D eigenvalue weighted by molar-refractivity contribution is 6.38. The van der Waals surface area contributed by atoms with E-state index in [2.05, 4.69) is 0 Å². The number of allylic oxidation sites excluding steroid dienone is 2. The normalized spacial score (nSPS) is 14.6. The summed E-state index contributed by atoms with van der Waals surface area (Å²) >= 11 is 0. The first-order chi connectivity index (χ1) is 10.4. The van der Waals surface area contributed by atoms with Crippen molar-refractivity contribution in [2.75, 3.05) is 0 Å². The quantitative estimate of drug-likeness (QED) is 0.792. The predicted octanol–water partition coefficient (Wildman–Crippen LogP) is 4.17. The Labute approximate surface area is 123 Å². The van der Waals surface area contributed by atoms with Gasteiger partial charge in [-0.1, -0.05) is 42.5 Å². The molecule has 110 valence electrons. The number of carbonyl (C=O) groups excluding carboxylic acids is 2. The van der Waals surface area contributed by atoms with Gasteiger partial charge in [-0.05, 0) is 17.7 Å². The minimum atomic E-state index is -4.60. The van der Waals surface area contributed by atoms with Crippen LogP contribution in [0.5, 0.6) is 0 Å². The molecule has 3 rings (SSSR count). The molecule has 0 aliphatic heterocycles. The second-order valence-corrected chi connectivity index (χ2v) is 4.84. The molecular formula is C17H9F3O2. The molecule has 0 radical (unpaired) electrons. The van der Waals surface area contributed by atoms with Crippen LogP contribution in [0.4, 0.5) is 13.2 Å². The van der Waals surface area contributed by atoms with Gasteiger partial charge in [0.2, 0.25) is 0 Å². The molecule has 1 aliphatic rings. The molecule has 0 saturated carbocycles. The number of rotatable bonds is 1. The van der Waals surface area contributed by atoms with Crippen molar-refractivity contribution in [2.45, 2.75) is 6.18 Å². The SMILES string of the molecule is O=C1C=C(c2ccccc2C(F)(F)F)C(=O)c2ccccc21. The number of carbonyl (C=O) groups is 2. The fourth-order valence-corrected chi connectivity index (χ4v) is 2.48. The Morgan fingerprint density at radius 1 is 0.727 bits per heavy atom. The summed E-state index contributed by atoms with van der Waals surface area (Å²) in [6, 6.07) is 10.9. The lowest BCUT2D eigenvalue weighted by Gasteiger charge is -2.18. The molecule has 0 unspecified atom stereocenters. The van der Waals surface area contributed by atoms with Crippen LogP contribution in [0.15, 0.2) is 54.6 Å². The molecule has 0 N–H and O–H groups in total. The minimum absolute atomic E-state index is 0.127. The largest absolute Gasteiger partial charge is 0.417 e. The average Bonchev–Trinajstić information content (AvgIpc) is 2.50. The fourth-order valence-electron chi connectivity index (χ4n) is 2.48.